The molecule has 15 atom stereocenters. The van der Waals surface area contributed by atoms with E-state index < -0.39 is 134 Å². The number of likely N-dealkylation sites (N-methyl/N-ethyl adjacent to an activating group) is 1. The van der Waals surface area contributed by atoms with Gasteiger partial charge in [0.25, 0.3) is 0 Å². The van der Waals surface area contributed by atoms with Gasteiger partial charge in [-0.1, -0.05) is 62.4 Å². The molecule has 2 heterocycles. The Kier molecular flexibility index (Phi) is 24.1. The number of carbonyl (C=O) groups excluding carboxylic acids is 5. The number of nitrogens with two attached hydrogens (primary N) is 3. The Morgan fingerprint density at radius 3 is 1.70 bits per heavy atom. The SMILES string of the molecule is CCC(=O)Oc1c(C(=O)[O-])cc2ccccc2c1Cc1c(OC(=O)CC)c(C(=O)[O-])cc2ccccc12.CN[C@@H]1[C@H](O[C@H]2[C@H](O[C@H]3[C@H](O)[C@@H](O)[C@H](N=C(N)N)[C@@H](O)[C@@H]3NC(=N)N)O[C@@H](C)[C@]2(O)C=O)O[C@@H](CO)[C@H](O)[C@H]1O.[Na+].[Na+]. The van der Waals surface area contributed by atoms with Crippen molar-refractivity contribution in [1.82, 2.24) is 10.6 Å². The predicted molar refractivity (Wildman–Crippen MR) is 263 cm³/mol. The molecule has 7 rings (SSSR count). The largest absolute Gasteiger partial charge is 1.00 e. The molecule has 3 aliphatic rings. The van der Waals surface area contributed by atoms with Gasteiger partial charge in [0.15, 0.2) is 36.4 Å². The molecule has 0 aromatic heterocycles. The number of aliphatic hydroxyl groups excluding tert-OH is 6. The van der Waals surface area contributed by atoms with E-state index in [4.69, 9.17) is 51.0 Å². The fourth-order valence-corrected chi connectivity index (χ4v) is 9.37. The third-order valence-electron chi connectivity index (χ3n) is 13.4. The first-order valence-corrected chi connectivity index (χ1v) is 24.1. The summed E-state index contributed by atoms with van der Waals surface area (Å²) in [4.78, 5) is 64.6. The average molecular weight is 1130 g/mol. The van der Waals surface area contributed by atoms with Crippen LogP contribution in [0.1, 0.15) is 65.5 Å². The Hall–Kier alpha value is -4.99. The molecule has 16 N–H and O–H groups in total. The number of aromatic carboxylic acids is 2. The number of hydrogen-bond acceptors (Lipinski definition) is 23. The minimum Gasteiger partial charge on any atom is -0.545 e. The van der Waals surface area contributed by atoms with Crippen molar-refractivity contribution >= 4 is 63.6 Å². The van der Waals surface area contributed by atoms with E-state index in [1.54, 1.807) is 62.4 Å². The van der Waals surface area contributed by atoms with Crippen molar-refractivity contribution in [2.24, 2.45) is 22.2 Å². The van der Waals surface area contributed by atoms with Crippen molar-refractivity contribution in [3.05, 3.63) is 82.9 Å². The van der Waals surface area contributed by atoms with Gasteiger partial charge in [-0.3, -0.25) is 19.8 Å². The molecule has 2 saturated heterocycles. The molecule has 0 unspecified atom stereocenters. The van der Waals surface area contributed by atoms with Crippen molar-refractivity contribution in [3.63, 3.8) is 0 Å². The number of guanidine groups is 2. The standard InChI is InChI=1S/C29H24O8.C21H39N7O12.2Na/c1-3-24(30)36-26-20(18-11-7-5-9-16(18)13-22(26)28(32)33)15-21-19-12-8-6-10-17(19)14-23(29(34)35)27(21)37-25(31)4-2;1-5-21(36,4-30)16(40-17-9(26-2)13(34)10(31)6(3-29)38-17)18(37-5)39-15-8(28-20(24)25)11(32)7(27-19(22)23)12(33)14(15)35;;/h5-14H,3-4,15H2,1-2H3,(H,32,33)(H,34,35);4-18,26,29,31-36H,3H2,1-2H3,(H4,22,23,27)(H4,24,25,28);;/q;;2*+1/p-2/t;5-,6-,7+,8-,9-,10-,11+,12-,13-,14+,15+,16-,17-,18-,21+;;/m.0../s1. The first-order valence-electron chi connectivity index (χ1n) is 24.1. The molecule has 0 spiro atoms. The monoisotopic (exact) mass is 1130 g/mol. The summed E-state index contributed by atoms with van der Waals surface area (Å²) in [5.74, 6) is -5.99. The second-order valence-electron chi connectivity index (χ2n) is 18.2. The molecule has 79 heavy (non-hydrogen) atoms. The normalized spacial score (nSPS) is 29.1. The molecule has 2 aliphatic heterocycles. The summed E-state index contributed by atoms with van der Waals surface area (Å²) >= 11 is 0. The smallest absolute Gasteiger partial charge is 0.545 e. The quantitative estimate of drug-likeness (QED) is 0.0117. The molecule has 3 fully saturated rings. The van der Waals surface area contributed by atoms with Crippen LogP contribution in [-0.2, 0) is 39.8 Å². The van der Waals surface area contributed by atoms with Gasteiger partial charge in [0.1, 0.15) is 66.4 Å². The van der Waals surface area contributed by atoms with Gasteiger partial charge in [-0.15, -0.1) is 0 Å². The summed E-state index contributed by atoms with van der Waals surface area (Å²) in [6, 6.07) is 12.5. The van der Waals surface area contributed by atoms with E-state index in [0.29, 0.717) is 32.7 Å². The maximum Gasteiger partial charge on any atom is 1.00 e. The van der Waals surface area contributed by atoms with Gasteiger partial charge in [0, 0.05) is 41.5 Å². The zero-order valence-electron chi connectivity index (χ0n) is 43.9. The minimum atomic E-state index is -2.39. The van der Waals surface area contributed by atoms with Crippen molar-refractivity contribution in [2.45, 2.75) is 131 Å². The van der Waals surface area contributed by atoms with E-state index in [9.17, 15) is 69.9 Å². The second-order valence-corrected chi connectivity index (χ2v) is 18.2. The third kappa shape index (κ3) is 14.4. The number of aldehydes is 1. The average Bonchev–Trinajstić information content (AvgIpc) is 3.64. The third-order valence-corrected chi connectivity index (χ3v) is 13.4. The molecule has 1 saturated carbocycles. The molecule has 1 aliphatic carbocycles. The Morgan fingerprint density at radius 2 is 1.27 bits per heavy atom. The van der Waals surface area contributed by atoms with Crippen LogP contribution in [0, 0.1) is 5.41 Å². The van der Waals surface area contributed by atoms with Gasteiger partial charge in [-0.05, 0) is 47.6 Å². The van der Waals surface area contributed by atoms with Crippen LogP contribution in [0.3, 0.4) is 0 Å². The van der Waals surface area contributed by atoms with Gasteiger partial charge >= 0.3 is 71.1 Å². The Balaban J connectivity index is 0.000000333. The molecular weight excluding hydrogens is 1060 g/mol. The summed E-state index contributed by atoms with van der Waals surface area (Å²) in [6.45, 7) is 3.76. The summed E-state index contributed by atoms with van der Waals surface area (Å²) in [5, 5.41) is 113. The molecule has 0 amide bonds. The number of ether oxygens (including phenoxy) is 6. The zero-order chi connectivity index (χ0) is 56.8. The summed E-state index contributed by atoms with van der Waals surface area (Å²) in [5.41, 5.74) is 13.8. The second kappa shape index (κ2) is 28.6. The van der Waals surface area contributed by atoms with Crippen LogP contribution in [-0.4, -0.2) is 183 Å². The van der Waals surface area contributed by atoms with E-state index in [0.717, 1.165) is 0 Å². The summed E-state index contributed by atoms with van der Waals surface area (Å²) in [7, 11) is 1.42. The Labute approximate surface area is 495 Å². The van der Waals surface area contributed by atoms with Gasteiger partial charge < -0.3 is 112 Å². The van der Waals surface area contributed by atoms with Crippen LogP contribution in [0.2, 0.25) is 0 Å². The van der Waals surface area contributed by atoms with Crippen LogP contribution in [0.4, 0.5) is 0 Å². The molecule has 4 aromatic rings. The van der Waals surface area contributed by atoms with Crippen LogP contribution in [0.15, 0.2) is 65.7 Å². The van der Waals surface area contributed by atoms with Gasteiger partial charge in [0.2, 0.25) is 0 Å². The van der Waals surface area contributed by atoms with Gasteiger partial charge in [-0.2, -0.15) is 0 Å². The van der Waals surface area contributed by atoms with E-state index in [-0.39, 0.29) is 107 Å². The minimum absolute atomic E-state index is 0. The number of nitrogens with zero attached hydrogens (tertiary/aromatic N) is 1. The summed E-state index contributed by atoms with van der Waals surface area (Å²) in [6.07, 6.45) is -17.4. The molecule has 418 valence electrons. The maximum atomic E-state index is 12.3. The number of aliphatic imine (C=N–C) groups is 1. The number of benzene rings is 4. The van der Waals surface area contributed by atoms with E-state index >= 15 is 0 Å². The maximum absolute atomic E-state index is 12.3. The number of esters is 2. The van der Waals surface area contributed by atoms with Crippen molar-refractivity contribution in [3.8, 4) is 11.5 Å². The fourth-order valence-electron chi connectivity index (χ4n) is 9.37. The van der Waals surface area contributed by atoms with Gasteiger partial charge in [0.05, 0.1) is 36.7 Å². The molecule has 0 radical (unpaired) electrons. The molecule has 0 bridgehead atoms. The van der Waals surface area contributed by atoms with Crippen LogP contribution in [0.5, 0.6) is 11.5 Å². The van der Waals surface area contributed by atoms with Crippen LogP contribution >= 0.6 is 0 Å². The fraction of sp³-hybridized carbons (Fsp3) is 0.460. The number of fused-ring (bicyclic) bond motifs is 2. The van der Waals surface area contributed by atoms with Crippen molar-refractivity contribution in [2.75, 3.05) is 13.7 Å². The van der Waals surface area contributed by atoms with E-state index in [1.807, 2.05) is 0 Å². The molecule has 27 nitrogen and oxygen atoms in total. The summed E-state index contributed by atoms with van der Waals surface area (Å²) < 4.78 is 33.9. The number of aliphatic hydroxyl groups is 7. The van der Waals surface area contributed by atoms with Gasteiger partial charge in [-0.25, -0.2) is 4.99 Å². The first-order chi connectivity index (χ1) is 36.5. The zero-order valence-corrected chi connectivity index (χ0v) is 47.9. The number of carboxylic acid groups (broad SMARTS) is 2. The van der Waals surface area contributed by atoms with Crippen molar-refractivity contribution in [1.29, 1.82) is 5.41 Å². The van der Waals surface area contributed by atoms with E-state index in [1.165, 1.54) is 26.1 Å². The topological polar surface area (TPSA) is 467 Å². The first kappa shape index (κ1) is 66.5. The number of hydrogen-bond donors (Lipinski definition) is 13. The number of rotatable bonds is 17. The van der Waals surface area contributed by atoms with Crippen LogP contribution < -0.4 is 107 Å². The Bertz CT molecular complexity index is 2770. The molecule has 29 heteroatoms. The molecule has 4 aromatic carbocycles. The number of carbonyl (C=O) groups is 5. The molecular formula is C50H61N7Na2O20. The number of carboxylic acids is 2. The van der Waals surface area contributed by atoms with Crippen LogP contribution in [0.25, 0.3) is 21.5 Å². The predicted octanol–water partition coefficient (Wildman–Crippen LogP) is -11.0. The number of nitrogens with one attached hydrogen (secondary N) is 3. The Morgan fingerprint density at radius 1 is 0.759 bits per heavy atom. The van der Waals surface area contributed by atoms with E-state index in [2.05, 4.69) is 15.6 Å². The van der Waals surface area contributed by atoms with Crippen molar-refractivity contribution < 1.29 is 157 Å².